The highest BCUT2D eigenvalue weighted by atomic mass is 32.1. The SMILES string of the molecule is Cc1ccc(CNC(=O)N[C@H]2CC(=O)N(c3ccccc3)C2)s1. The fraction of sp³-hybridized carbons (Fsp3) is 0.294. The monoisotopic (exact) mass is 329 g/mol. The first-order chi connectivity index (χ1) is 11.1. The van der Waals surface area contributed by atoms with Crippen LogP contribution in [0.25, 0.3) is 0 Å². The number of benzene rings is 1. The van der Waals surface area contributed by atoms with Gasteiger partial charge in [-0.3, -0.25) is 4.79 Å². The van der Waals surface area contributed by atoms with Crippen molar-refractivity contribution in [3.8, 4) is 0 Å². The van der Waals surface area contributed by atoms with Crippen LogP contribution < -0.4 is 15.5 Å². The third-order valence-corrected chi connectivity index (χ3v) is 4.75. The van der Waals surface area contributed by atoms with Gasteiger partial charge in [-0.15, -0.1) is 11.3 Å². The number of para-hydroxylation sites is 1. The highest BCUT2D eigenvalue weighted by Gasteiger charge is 2.31. The molecule has 0 saturated carbocycles. The van der Waals surface area contributed by atoms with Crippen LogP contribution in [0.2, 0.25) is 0 Å². The van der Waals surface area contributed by atoms with E-state index in [0.29, 0.717) is 19.5 Å². The zero-order chi connectivity index (χ0) is 16.2. The number of aryl methyl sites for hydroxylation is 1. The van der Waals surface area contributed by atoms with E-state index >= 15 is 0 Å². The summed E-state index contributed by atoms with van der Waals surface area (Å²) >= 11 is 1.67. The number of amides is 3. The standard InChI is InChI=1S/C17H19N3O2S/c1-12-7-8-15(23-12)10-18-17(22)19-13-9-16(21)20(11-13)14-5-3-2-4-6-14/h2-8,13H,9-11H2,1H3,(H2,18,19,22)/t13-/m0/s1. The lowest BCUT2D eigenvalue weighted by atomic mass is 10.2. The molecule has 2 heterocycles. The molecule has 1 atom stereocenters. The maximum atomic E-state index is 12.1. The molecule has 1 aliphatic rings. The van der Waals surface area contributed by atoms with Gasteiger partial charge in [-0.2, -0.15) is 0 Å². The van der Waals surface area contributed by atoms with Gasteiger partial charge in [0.05, 0.1) is 12.6 Å². The van der Waals surface area contributed by atoms with Gasteiger partial charge in [0.25, 0.3) is 0 Å². The Hall–Kier alpha value is -2.34. The molecule has 1 fully saturated rings. The van der Waals surface area contributed by atoms with Crippen LogP contribution in [0.4, 0.5) is 10.5 Å². The molecule has 2 N–H and O–H groups in total. The minimum Gasteiger partial charge on any atom is -0.333 e. The maximum absolute atomic E-state index is 12.1. The Morgan fingerprint density at radius 3 is 2.74 bits per heavy atom. The van der Waals surface area contributed by atoms with Crippen LogP contribution in [-0.4, -0.2) is 24.5 Å². The summed E-state index contributed by atoms with van der Waals surface area (Å²) in [6.45, 7) is 3.05. The number of thiophene rings is 1. The molecule has 1 aliphatic heterocycles. The van der Waals surface area contributed by atoms with E-state index in [1.54, 1.807) is 16.2 Å². The van der Waals surface area contributed by atoms with Crippen molar-refractivity contribution in [2.75, 3.05) is 11.4 Å². The molecule has 6 heteroatoms. The summed E-state index contributed by atoms with van der Waals surface area (Å²) < 4.78 is 0. The number of hydrogen-bond acceptors (Lipinski definition) is 3. The summed E-state index contributed by atoms with van der Waals surface area (Å²) in [5, 5.41) is 5.72. The minimum atomic E-state index is -0.233. The molecular weight excluding hydrogens is 310 g/mol. The smallest absolute Gasteiger partial charge is 0.315 e. The first kappa shape index (κ1) is 15.6. The van der Waals surface area contributed by atoms with Crippen LogP contribution in [-0.2, 0) is 11.3 Å². The third-order valence-electron chi connectivity index (χ3n) is 3.75. The lowest BCUT2D eigenvalue weighted by Gasteiger charge is -2.17. The number of carbonyl (C=O) groups excluding carboxylic acids is 2. The maximum Gasteiger partial charge on any atom is 0.315 e. The van der Waals surface area contributed by atoms with Gasteiger partial charge in [0, 0.05) is 28.4 Å². The van der Waals surface area contributed by atoms with Gasteiger partial charge in [0.15, 0.2) is 0 Å². The number of hydrogen-bond donors (Lipinski definition) is 2. The summed E-state index contributed by atoms with van der Waals surface area (Å²) in [7, 11) is 0. The third kappa shape index (κ3) is 3.90. The molecular formula is C17H19N3O2S. The quantitative estimate of drug-likeness (QED) is 0.906. The Morgan fingerprint density at radius 1 is 1.26 bits per heavy atom. The molecule has 120 valence electrons. The molecule has 1 aromatic carbocycles. The number of anilines is 1. The van der Waals surface area contributed by atoms with Crippen LogP contribution in [0.5, 0.6) is 0 Å². The lowest BCUT2D eigenvalue weighted by Crippen LogP contribution is -2.43. The Bertz CT molecular complexity index is 699. The van der Waals surface area contributed by atoms with Crippen molar-refractivity contribution in [1.29, 1.82) is 0 Å². The van der Waals surface area contributed by atoms with Crippen molar-refractivity contribution in [3.63, 3.8) is 0 Å². The number of nitrogens with one attached hydrogen (secondary N) is 2. The van der Waals surface area contributed by atoms with Crippen LogP contribution in [0.15, 0.2) is 42.5 Å². The number of urea groups is 1. The molecule has 5 nitrogen and oxygen atoms in total. The van der Waals surface area contributed by atoms with E-state index in [-0.39, 0.29) is 18.0 Å². The summed E-state index contributed by atoms with van der Waals surface area (Å²) in [6.07, 6.45) is 0.334. The second kappa shape index (κ2) is 6.83. The average molecular weight is 329 g/mol. The van der Waals surface area contributed by atoms with Crippen LogP contribution in [0.3, 0.4) is 0 Å². The summed E-state index contributed by atoms with van der Waals surface area (Å²) in [4.78, 5) is 28.1. The van der Waals surface area contributed by atoms with Gasteiger partial charge in [0.1, 0.15) is 0 Å². The molecule has 0 spiro atoms. The van der Waals surface area contributed by atoms with Crippen molar-refractivity contribution >= 4 is 29.0 Å². The number of nitrogens with zero attached hydrogens (tertiary/aromatic N) is 1. The first-order valence-corrected chi connectivity index (χ1v) is 8.38. The highest BCUT2D eigenvalue weighted by molar-refractivity contribution is 7.11. The van der Waals surface area contributed by atoms with Crippen molar-refractivity contribution in [3.05, 3.63) is 52.2 Å². The topological polar surface area (TPSA) is 61.4 Å². The molecule has 0 radical (unpaired) electrons. The Labute approximate surface area is 139 Å². The number of rotatable bonds is 4. The van der Waals surface area contributed by atoms with E-state index in [4.69, 9.17) is 0 Å². The average Bonchev–Trinajstić information content (AvgIpc) is 3.12. The zero-order valence-corrected chi connectivity index (χ0v) is 13.7. The Morgan fingerprint density at radius 2 is 2.04 bits per heavy atom. The zero-order valence-electron chi connectivity index (χ0n) is 12.9. The van der Waals surface area contributed by atoms with Crippen LogP contribution >= 0.6 is 11.3 Å². The molecule has 0 aliphatic carbocycles. The second-order valence-corrected chi connectivity index (χ2v) is 6.95. The molecule has 0 unspecified atom stereocenters. The predicted molar refractivity (Wildman–Crippen MR) is 91.6 cm³/mol. The fourth-order valence-corrected chi connectivity index (χ4v) is 3.48. The van der Waals surface area contributed by atoms with Crippen molar-refractivity contribution in [1.82, 2.24) is 10.6 Å². The molecule has 1 aromatic heterocycles. The Balaban J connectivity index is 1.51. The molecule has 2 aromatic rings. The van der Waals surface area contributed by atoms with E-state index in [2.05, 4.69) is 10.6 Å². The lowest BCUT2D eigenvalue weighted by molar-refractivity contribution is -0.117. The second-order valence-electron chi connectivity index (χ2n) is 5.58. The van der Waals surface area contributed by atoms with Crippen molar-refractivity contribution in [2.45, 2.75) is 25.9 Å². The largest absolute Gasteiger partial charge is 0.333 e. The van der Waals surface area contributed by atoms with Gasteiger partial charge >= 0.3 is 6.03 Å². The Kier molecular flexibility index (Phi) is 4.62. The molecule has 0 bridgehead atoms. The normalized spacial score (nSPS) is 17.3. The van der Waals surface area contributed by atoms with E-state index in [1.807, 2.05) is 49.4 Å². The van der Waals surface area contributed by atoms with Crippen LogP contribution in [0.1, 0.15) is 16.2 Å². The highest BCUT2D eigenvalue weighted by Crippen LogP contribution is 2.21. The molecule has 3 amide bonds. The first-order valence-electron chi connectivity index (χ1n) is 7.57. The van der Waals surface area contributed by atoms with Crippen LogP contribution in [0, 0.1) is 6.92 Å². The van der Waals surface area contributed by atoms with Crippen molar-refractivity contribution < 1.29 is 9.59 Å². The van der Waals surface area contributed by atoms with E-state index < -0.39 is 0 Å². The minimum absolute atomic E-state index is 0.0374. The summed E-state index contributed by atoms with van der Waals surface area (Å²) in [5.74, 6) is 0.0374. The molecule has 3 rings (SSSR count). The van der Waals surface area contributed by atoms with Gasteiger partial charge in [-0.25, -0.2) is 4.79 Å². The van der Waals surface area contributed by atoms with Crippen molar-refractivity contribution in [2.24, 2.45) is 0 Å². The number of carbonyl (C=O) groups is 2. The fourth-order valence-electron chi connectivity index (χ4n) is 2.65. The summed E-state index contributed by atoms with van der Waals surface area (Å²) in [6, 6.07) is 13.2. The molecule has 23 heavy (non-hydrogen) atoms. The van der Waals surface area contributed by atoms with Gasteiger partial charge in [0.2, 0.25) is 5.91 Å². The van der Waals surface area contributed by atoms with E-state index in [1.165, 1.54) is 4.88 Å². The summed E-state index contributed by atoms with van der Waals surface area (Å²) in [5.41, 5.74) is 0.872. The van der Waals surface area contributed by atoms with E-state index in [0.717, 1.165) is 10.6 Å². The van der Waals surface area contributed by atoms with Gasteiger partial charge in [-0.1, -0.05) is 18.2 Å². The van der Waals surface area contributed by atoms with E-state index in [9.17, 15) is 9.59 Å². The van der Waals surface area contributed by atoms with Gasteiger partial charge < -0.3 is 15.5 Å². The molecule has 1 saturated heterocycles. The predicted octanol–water partition coefficient (Wildman–Crippen LogP) is 2.66. The van der Waals surface area contributed by atoms with Gasteiger partial charge in [-0.05, 0) is 31.2 Å².